The second kappa shape index (κ2) is 7.75. The number of benzene rings is 2. The smallest absolute Gasteiger partial charge is 0.261 e. The van der Waals surface area contributed by atoms with Crippen molar-refractivity contribution in [3.8, 4) is 11.5 Å². The van der Waals surface area contributed by atoms with Crippen LogP contribution in [0, 0.1) is 0 Å². The highest BCUT2D eigenvalue weighted by Gasteiger charge is 2.36. The Morgan fingerprint density at radius 3 is 2.50 bits per heavy atom. The van der Waals surface area contributed by atoms with E-state index >= 15 is 0 Å². The zero-order chi connectivity index (χ0) is 21.5. The van der Waals surface area contributed by atoms with Crippen LogP contribution in [0.1, 0.15) is 46.5 Å². The molecule has 0 fully saturated rings. The van der Waals surface area contributed by atoms with Crippen molar-refractivity contribution in [1.82, 2.24) is 10.2 Å². The van der Waals surface area contributed by atoms with Gasteiger partial charge in [-0.15, -0.1) is 0 Å². The number of nitrogens with zero attached hydrogens (tertiary/aromatic N) is 1. The van der Waals surface area contributed by atoms with Gasteiger partial charge in [-0.05, 0) is 49.7 Å². The number of imide groups is 1. The summed E-state index contributed by atoms with van der Waals surface area (Å²) in [6.45, 7) is 4.79. The van der Waals surface area contributed by atoms with Gasteiger partial charge in [0.15, 0.2) is 11.5 Å². The molecule has 0 saturated carbocycles. The molecule has 2 aliphatic heterocycles. The van der Waals surface area contributed by atoms with Crippen molar-refractivity contribution in [3.63, 3.8) is 0 Å². The van der Waals surface area contributed by atoms with Crippen molar-refractivity contribution in [2.75, 3.05) is 19.8 Å². The van der Waals surface area contributed by atoms with E-state index in [0.717, 1.165) is 14.9 Å². The van der Waals surface area contributed by atoms with E-state index in [1.54, 1.807) is 18.2 Å². The quantitative estimate of drug-likeness (QED) is 0.675. The largest absolute Gasteiger partial charge is 0.486 e. The lowest BCUT2D eigenvalue weighted by Crippen LogP contribution is -2.43. The molecule has 2 heterocycles. The van der Waals surface area contributed by atoms with Gasteiger partial charge in [0.25, 0.3) is 11.8 Å². The van der Waals surface area contributed by atoms with Gasteiger partial charge in [0.2, 0.25) is 5.91 Å². The third-order valence-electron chi connectivity index (χ3n) is 5.21. The number of carbonyl (C=O) groups is 3. The molecule has 3 amide bonds. The first-order valence-electron chi connectivity index (χ1n) is 9.63. The van der Waals surface area contributed by atoms with E-state index in [1.165, 1.54) is 0 Å². The van der Waals surface area contributed by atoms with Gasteiger partial charge in [0, 0.05) is 17.4 Å². The number of rotatable bonds is 5. The molecule has 0 atom stereocenters. The van der Waals surface area contributed by atoms with Crippen molar-refractivity contribution in [1.29, 1.82) is 0 Å². The molecule has 8 heteroatoms. The Labute approximate surface area is 182 Å². The molecule has 2 aromatic rings. The van der Waals surface area contributed by atoms with Crippen LogP contribution < -0.4 is 14.8 Å². The van der Waals surface area contributed by atoms with E-state index in [9.17, 15) is 14.4 Å². The Bertz CT molecular complexity index is 1050. The molecule has 0 saturated heterocycles. The lowest BCUT2D eigenvalue weighted by atomic mass is 9.93. The summed E-state index contributed by atoms with van der Waals surface area (Å²) >= 11 is 3.31. The predicted octanol–water partition coefficient (Wildman–Crippen LogP) is 3.26. The van der Waals surface area contributed by atoms with Crippen molar-refractivity contribution < 1.29 is 23.9 Å². The third kappa shape index (κ3) is 3.79. The minimum Gasteiger partial charge on any atom is -0.486 e. The number of amides is 3. The van der Waals surface area contributed by atoms with Gasteiger partial charge in [0.1, 0.15) is 13.2 Å². The molecule has 0 aliphatic carbocycles. The van der Waals surface area contributed by atoms with Crippen molar-refractivity contribution in [2.45, 2.75) is 25.8 Å². The van der Waals surface area contributed by atoms with Gasteiger partial charge in [-0.25, -0.2) is 0 Å². The number of carbonyl (C=O) groups excluding carboxylic acids is 3. The summed E-state index contributed by atoms with van der Waals surface area (Å²) in [4.78, 5) is 38.8. The number of ether oxygens (including phenoxy) is 2. The Morgan fingerprint density at radius 1 is 1.03 bits per heavy atom. The molecule has 0 radical (unpaired) electrons. The normalized spacial score (nSPS) is 15.2. The molecule has 0 bridgehead atoms. The molecule has 156 valence electrons. The van der Waals surface area contributed by atoms with Gasteiger partial charge in [0.05, 0.1) is 16.7 Å². The zero-order valence-electron chi connectivity index (χ0n) is 16.7. The average molecular weight is 473 g/mol. The second-order valence-corrected chi connectivity index (χ2v) is 8.65. The maximum atomic E-state index is 12.6. The second-order valence-electron chi connectivity index (χ2n) is 7.73. The van der Waals surface area contributed by atoms with E-state index in [2.05, 4.69) is 21.2 Å². The molecule has 2 aliphatic rings. The summed E-state index contributed by atoms with van der Waals surface area (Å²) in [5.41, 5.74) is 0.914. The third-order valence-corrected chi connectivity index (χ3v) is 5.70. The summed E-state index contributed by atoms with van der Waals surface area (Å²) in [6, 6.07) is 10.5. The average Bonchev–Trinajstić information content (AvgIpc) is 2.95. The van der Waals surface area contributed by atoms with Gasteiger partial charge in [-0.1, -0.05) is 22.0 Å². The molecular weight excluding hydrogens is 452 g/mol. The Hall–Kier alpha value is -2.87. The van der Waals surface area contributed by atoms with Crippen LogP contribution in [0.4, 0.5) is 0 Å². The number of hydrogen-bond donors (Lipinski definition) is 1. The predicted molar refractivity (Wildman–Crippen MR) is 113 cm³/mol. The molecule has 2 aromatic carbocycles. The van der Waals surface area contributed by atoms with E-state index < -0.39 is 5.54 Å². The molecule has 0 spiro atoms. The fourth-order valence-corrected chi connectivity index (χ4v) is 3.96. The highest BCUT2D eigenvalue weighted by atomic mass is 79.9. The first-order valence-corrected chi connectivity index (χ1v) is 10.4. The first-order chi connectivity index (χ1) is 14.3. The SMILES string of the molecule is CC(C)(NC(=O)CCN1C(=O)c2ccc(Br)cc2C1=O)c1ccc2c(c1)OCCO2. The molecule has 1 N–H and O–H groups in total. The monoisotopic (exact) mass is 472 g/mol. The van der Waals surface area contributed by atoms with Crippen LogP contribution in [0.5, 0.6) is 11.5 Å². The van der Waals surface area contributed by atoms with E-state index in [-0.39, 0.29) is 30.7 Å². The fourth-order valence-electron chi connectivity index (χ4n) is 3.59. The van der Waals surface area contributed by atoms with E-state index in [0.29, 0.717) is 35.8 Å². The Kier molecular flexibility index (Phi) is 5.27. The van der Waals surface area contributed by atoms with Gasteiger partial charge in [-0.2, -0.15) is 0 Å². The molecule has 4 rings (SSSR count). The van der Waals surface area contributed by atoms with Crippen LogP contribution in [0.25, 0.3) is 0 Å². The first kappa shape index (κ1) is 20.4. The minimum atomic E-state index is -0.667. The van der Waals surface area contributed by atoms with Crippen LogP contribution in [-0.4, -0.2) is 42.4 Å². The van der Waals surface area contributed by atoms with E-state index in [1.807, 2.05) is 32.0 Å². The maximum absolute atomic E-state index is 12.6. The van der Waals surface area contributed by atoms with E-state index in [4.69, 9.17) is 9.47 Å². The summed E-state index contributed by atoms with van der Waals surface area (Å²) in [5, 5.41) is 2.97. The highest BCUT2D eigenvalue weighted by Crippen LogP contribution is 2.34. The maximum Gasteiger partial charge on any atom is 0.261 e. The minimum absolute atomic E-state index is 0.0145. The summed E-state index contributed by atoms with van der Waals surface area (Å²) in [5.74, 6) is 0.326. The van der Waals surface area contributed by atoms with Gasteiger partial charge >= 0.3 is 0 Å². The number of halogens is 1. The van der Waals surface area contributed by atoms with Crippen LogP contribution in [0.2, 0.25) is 0 Å². The highest BCUT2D eigenvalue weighted by molar-refractivity contribution is 9.10. The molecule has 30 heavy (non-hydrogen) atoms. The van der Waals surface area contributed by atoms with Crippen LogP contribution >= 0.6 is 15.9 Å². The fraction of sp³-hybridized carbons (Fsp3) is 0.318. The summed E-state index contributed by atoms with van der Waals surface area (Å²) < 4.78 is 11.9. The topological polar surface area (TPSA) is 84.9 Å². The Balaban J connectivity index is 1.40. The van der Waals surface area contributed by atoms with Gasteiger partial charge in [-0.3, -0.25) is 19.3 Å². The lowest BCUT2D eigenvalue weighted by molar-refractivity contribution is -0.122. The van der Waals surface area contributed by atoms with Crippen molar-refractivity contribution >= 4 is 33.7 Å². The van der Waals surface area contributed by atoms with Gasteiger partial charge < -0.3 is 14.8 Å². The van der Waals surface area contributed by atoms with Crippen molar-refractivity contribution in [3.05, 3.63) is 57.6 Å². The number of nitrogens with one attached hydrogen (secondary N) is 1. The molecule has 0 aromatic heterocycles. The van der Waals surface area contributed by atoms with Crippen LogP contribution in [-0.2, 0) is 10.3 Å². The standard InChI is InChI=1S/C22H21BrN2O5/c1-22(2,13-3-6-17-18(11-13)30-10-9-29-17)24-19(26)7-8-25-20(27)15-5-4-14(23)12-16(15)21(25)28/h3-6,11-12H,7-10H2,1-2H3,(H,24,26). The summed E-state index contributed by atoms with van der Waals surface area (Å²) in [7, 11) is 0. The number of fused-ring (bicyclic) bond motifs is 2. The van der Waals surface area contributed by atoms with Crippen LogP contribution in [0.15, 0.2) is 40.9 Å². The Morgan fingerprint density at radius 2 is 1.73 bits per heavy atom. The molecule has 0 unspecified atom stereocenters. The van der Waals surface area contributed by atoms with Crippen LogP contribution in [0.3, 0.4) is 0 Å². The summed E-state index contributed by atoms with van der Waals surface area (Å²) in [6.07, 6.45) is 0.0145. The number of hydrogen-bond acceptors (Lipinski definition) is 5. The molecular formula is C22H21BrN2O5. The van der Waals surface area contributed by atoms with Crippen molar-refractivity contribution in [2.24, 2.45) is 0 Å². The molecule has 7 nitrogen and oxygen atoms in total. The lowest BCUT2D eigenvalue weighted by Gasteiger charge is -2.29. The zero-order valence-corrected chi connectivity index (χ0v) is 18.2.